The predicted molar refractivity (Wildman–Crippen MR) is 81.8 cm³/mol. The van der Waals surface area contributed by atoms with Crippen molar-refractivity contribution in [1.82, 2.24) is 10.2 Å². The van der Waals surface area contributed by atoms with Crippen LogP contribution in [-0.4, -0.2) is 36.0 Å². The number of amides is 3. The lowest BCUT2D eigenvalue weighted by Crippen LogP contribution is -2.49. The van der Waals surface area contributed by atoms with E-state index in [0.29, 0.717) is 19.5 Å². The van der Waals surface area contributed by atoms with Gasteiger partial charge in [0.05, 0.1) is 0 Å². The molecule has 1 aliphatic rings. The molecule has 1 saturated heterocycles. The number of nitrogens with zero attached hydrogens (tertiary/aromatic N) is 1. The third-order valence-electron chi connectivity index (χ3n) is 4.03. The van der Waals surface area contributed by atoms with E-state index in [9.17, 15) is 14.0 Å². The quantitative estimate of drug-likeness (QED) is 0.872. The first kappa shape index (κ1) is 16.3. The third kappa shape index (κ3) is 3.96. The van der Waals surface area contributed by atoms with Crippen LogP contribution in [0.25, 0.3) is 0 Å². The Morgan fingerprint density at radius 2 is 2.09 bits per heavy atom. The number of nitrogens with one attached hydrogen (secondary N) is 1. The van der Waals surface area contributed by atoms with Crippen molar-refractivity contribution in [3.8, 4) is 0 Å². The molecule has 1 aromatic carbocycles. The molecule has 0 spiro atoms. The molecule has 0 radical (unpaired) electrons. The zero-order valence-corrected chi connectivity index (χ0v) is 12.7. The summed E-state index contributed by atoms with van der Waals surface area (Å²) in [5.41, 5.74) is 6.17. The molecule has 0 saturated carbocycles. The summed E-state index contributed by atoms with van der Waals surface area (Å²) in [7, 11) is 0. The first-order chi connectivity index (χ1) is 10.5. The molecule has 1 fully saturated rings. The van der Waals surface area contributed by atoms with Crippen molar-refractivity contribution in [1.29, 1.82) is 0 Å². The Hall–Kier alpha value is -2.11. The second kappa shape index (κ2) is 7.24. The Labute approximate surface area is 129 Å². The van der Waals surface area contributed by atoms with Gasteiger partial charge in [-0.15, -0.1) is 0 Å². The third-order valence-corrected chi connectivity index (χ3v) is 4.03. The van der Waals surface area contributed by atoms with Gasteiger partial charge in [-0.3, -0.25) is 4.79 Å². The number of rotatable bonds is 5. The standard InChI is InChI=1S/C16H22FN3O2/c1-2-3-14(19-16(18)22)15(21)20-9-8-12(10-20)11-4-6-13(17)7-5-11/h4-7,12,14H,2-3,8-10H2,1H3,(H3,18,19,22)/t12-,14-/m1/s1. The number of hydrogen-bond donors (Lipinski definition) is 2. The van der Waals surface area contributed by atoms with E-state index < -0.39 is 12.1 Å². The first-order valence-electron chi connectivity index (χ1n) is 7.61. The maximum atomic E-state index is 13.0. The summed E-state index contributed by atoms with van der Waals surface area (Å²) in [6.45, 7) is 3.18. The Bertz CT molecular complexity index is 533. The highest BCUT2D eigenvalue weighted by molar-refractivity contribution is 5.86. The summed E-state index contributed by atoms with van der Waals surface area (Å²) in [6, 6.07) is 5.16. The van der Waals surface area contributed by atoms with Gasteiger partial charge in [-0.1, -0.05) is 25.5 Å². The van der Waals surface area contributed by atoms with Crippen molar-refractivity contribution >= 4 is 11.9 Å². The van der Waals surface area contributed by atoms with Crippen molar-refractivity contribution < 1.29 is 14.0 Å². The zero-order chi connectivity index (χ0) is 16.1. The highest BCUT2D eigenvalue weighted by atomic mass is 19.1. The van der Waals surface area contributed by atoms with E-state index in [1.54, 1.807) is 17.0 Å². The normalized spacial score (nSPS) is 19.0. The molecule has 1 heterocycles. The number of benzene rings is 1. The van der Waals surface area contributed by atoms with Crippen molar-refractivity contribution in [2.75, 3.05) is 13.1 Å². The first-order valence-corrected chi connectivity index (χ1v) is 7.61. The Morgan fingerprint density at radius 3 is 2.68 bits per heavy atom. The molecule has 0 unspecified atom stereocenters. The van der Waals surface area contributed by atoms with Crippen molar-refractivity contribution in [2.24, 2.45) is 5.73 Å². The smallest absolute Gasteiger partial charge is 0.312 e. The van der Waals surface area contributed by atoms with Gasteiger partial charge in [0.1, 0.15) is 11.9 Å². The van der Waals surface area contributed by atoms with Gasteiger partial charge in [0.2, 0.25) is 5.91 Å². The minimum absolute atomic E-state index is 0.0924. The monoisotopic (exact) mass is 307 g/mol. The van der Waals surface area contributed by atoms with Crippen molar-refractivity contribution in [2.45, 2.75) is 38.1 Å². The van der Waals surface area contributed by atoms with Gasteiger partial charge in [0.15, 0.2) is 0 Å². The Balaban J connectivity index is 2.00. The molecule has 0 aliphatic carbocycles. The summed E-state index contributed by atoms with van der Waals surface area (Å²) in [5.74, 6) is -0.144. The van der Waals surface area contributed by atoms with E-state index in [1.807, 2.05) is 6.92 Å². The van der Waals surface area contributed by atoms with Crippen LogP contribution in [0.3, 0.4) is 0 Å². The van der Waals surface area contributed by atoms with E-state index in [1.165, 1.54) is 12.1 Å². The average molecular weight is 307 g/mol. The van der Waals surface area contributed by atoms with Crippen LogP contribution >= 0.6 is 0 Å². The summed E-state index contributed by atoms with van der Waals surface area (Å²) in [5, 5.41) is 2.52. The molecular formula is C16H22FN3O2. The molecule has 2 rings (SSSR count). The molecule has 2 atom stereocenters. The molecule has 22 heavy (non-hydrogen) atoms. The number of primary amides is 1. The van der Waals surface area contributed by atoms with Gasteiger partial charge in [-0.25, -0.2) is 9.18 Å². The van der Waals surface area contributed by atoms with Crippen LogP contribution in [-0.2, 0) is 4.79 Å². The molecule has 6 heteroatoms. The highest BCUT2D eigenvalue weighted by Crippen LogP contribution is 2.27. The average Bonchev–Trinajstić information content (AvgIpc) is 2.96. The lowest BCUT2D eigenvalue weighted by atomic mass is 9.98. The van der Waals surface area contributed by atoms with Crippen LogP contribution < -0.4 is 11.1 Å². The second-order valence-corrected chi connectivity index (χ2v) is 5.67. The molecule has 0 bridgehead atoms. The number of carbonyl (C=O) groups excluding carboxylic acids is 2. The number of nitrogens with two attached hydrogens (primary N) is 1. The van der Waals surface area contributed by atoms with Crippen LogP contribution in [0.5, 0.6) is 0 Å². The van der Waals surface area contributed by atoms with Gasteiger partial charge < -0.3 is 16.0 Å². The van der Waals surface area contributed by atoms with E-state index in [0.717, 1.165) is 18.4 Å². The number of likely N-dealkylation sites (tertiary alicyclic amines) is 1. The van der Waals surface area contributed by atoms with Gasteiger partial charge in [-0.2, -0.15) is 0 Å². The van der Waals surface area contributed by atoms with Crippen LogP contribution in [0.15, 0.2) is 24.3 Å². The highest BCUT2D eigenvalue weighted by Gasteiger charge is 2.31. The van der Waals surface area contributed by atoms with Crippen LogP contribution in [0.1, 0.15) is 37.7 Å². The maximum absolute atomic E-state index is 13.0. The maximum Gasteiger partial charge on any atom is 0.312 e. The van der Waals surface area contributed by atoms with Crippen molar-refractivity contribution in [3.05, 3.63) is 35.6 Å². The van der Waals surface area contributed by atoms with E-state index in [4.69, 9.17) is 5.73 Å². The van der Waals surface area contributed by atoms with Crippen LogP contribution in [0, 0.1) is 5.82 Å². The lowest BCUT2D eigenvalue weighted by Gasteiger charge is -2.23. The molecule has 3 N–H and O–H groups in total. The van der Waals surface area contributed by atoms with Gasteiger partial charge in [-0.05, 0) is 30.5 Å². The van der Waals surface area contributed by atoms with Gasteiger partial charge in [0.25, 0.3) is 0 Å². The molecule has 3 amide bonds. The van der Waals surface area contributed by atoms with Crippen LogP contribution in [0.2, 0.25) is 0 Å². The molecule has 120 valence electrons. The fourth-order valence-corrected chi connectivity index (χ4v) is 2.91. The SMILES string of the molecule is CCC[C@@H](NC(N)=O)C(=O)N1CC[C@@H](c2ccc(F)cc2)C1. The van der Waals surface area contributed by atoms with Crippen molar-refractivity contribution in [3.63, 3.8) is 0 Å². The summed E-state index contributed by atoms with van der Waals surface area (Å²) >= 11 is 0. The number of halogens is 1. The Morgan fingerprint density at radius 1 is 1.41 bits per heavy atom. The summed E-state index contributed by atoms with van der Waals surface area (Å²) in [4.78, 5) is 25.3. The minimum Gasteiger partial charge on any atom is -0.352 e. The fourth-order valence-electron chi connectivity index (χ4n) is 2.91. The van der Waals surface area contributed by atoms with Gasteiger partial charge >= 0.3 is 6.03 Å². The number of urea groups is 1. The number of carbonyl (C=O) groups is 2. The summed E-state index contributed by atoms with van der Waals surface area (Å²) in [6.07, 6.45) is 2.19. The van der Waals surface area contributed by atoms with Crippen LogP contribution in [0.4, 0.5) is 9.18 Å². The number of hydrogen-bond acceptors (Lipinski definition) is 2. The molecule has 5 nitrogen and oxygen atoms in total. The van der Waals surface area contributed by atoms with E-state index >= 15 is 0 Å². The fraction of sp³-hybridized carbons (Fsp3) is 0.500. The molecule has 1 aliphatic heterocycles. The predicted octanol–water partition coefficient (Wildman–Crippen LogP) is 1.98. The topological polar surface area (TPSA) is 75.4 Å². The van der Waals surface area contributed by atoms with E-state index in [-0.39, 0.29) is 17.6 Å². The molecule has 1 aromatic rings. The zero-order valence-electron chi connectivity index (χ0n) is 12.7. The Kier molecular flexibility index (Phi) is 5.35. The lowest BCUT2D eigenvalue weighted by molar-refractivity contribution is -0.132. The largest absolute Gasteiger partial charge is 0.352 e. The van der Waals surface area contributed by atoms with E-state index in [2.05, 4.69) is 5.32 Å². The van der Waals surface area contributed by atoms with Gasteiger partial charge in [0, 0.05) is 19.0 Å². The second-order valence-electron chi connectivity index (χ2n) is 5.67. The minimum atomic E-state index is -0.680. The molecule has 0 aromatic heterocycles. The molecular weight excluding hydrogens is 285 g/mol. The summed E-state index contributed by atoms with van der Waals surface area (Å²) < 4.78 is 13.0.